The smallest absolute Gasteiger partial charge is 0.336 e. The second kappa shape index (κ2) is 8.76. The van der Waals surface area contributed by atoms with Gasteiger partial charge in [-0.15, -0.1) is 0 Å². The zero-order chi connectivity index (χ0) is 22.8. The molecule has 162 valence electrons. The molecule has 0 aliphatic heterocycles. The first-order chi connectivity index (χ1) is 15.4. The number of nitrogens with zero attached hydrogens (tertiary/aromatic N) is 3. The third kappa shape index (κ3) is 4.04. The number of carbonyl (C=O) groups excluding carboxylic acids is 1. The lowest BCUT2D eigenvalue weighted by atomic mass is 10.2. The summed E-state index contributed by atoms with van der Waals surface area (Å²) < 4.78 is 15.5. The highest BCUT2D eigenvalue weighted by Crippen LogP contribution is 2.19. The zero-order valence-electron chi connectivity index (χ0n) is 17.0. The first-order valence-corrected chi connectivity index (χ1v) is 10.1. The van der Waals surface area contributed by atoms with Crippen LogP contribution in [0.3, 0.4) is 0 Å². The van der Waals surface area contributed by atoms with Crippen LogP contribution in [0.2, 0.25) is 5.02 Å². The molecule has 0 saturated heterocycles. The van der Waals surface area contributed by atoms with Crippen molar-refractivity contribution >= 4 is 28.4 Å². The molecular formula is C23H18ClFN4O3. The van der Waals surface area contributed by atoms with Gasteiger partial charge in [0, 0.05) is 11.2 Å². The number of pyridine rings is 1. The van der Waals surface area contributed by atoms with E-state index in [9.17, 15) is 18.8 Å². The van der Waals surface area contributed by atoms with E-state index in [-0.39, 0.29) is 23.1 Å². The summed E-state index contributed by atoms with van der Waals surface area (Å²) in [6.45, 7) is 1.73. The Hall–Kier alpha value is -3.78. The number of amides is 1. The van der Waals surface area contributed by atoms with Crippen LogP contribution in [0, 0.1) is 5.82 Å². The predicted molar refractivity (Wildman–Crippen MR) is 120 cm³/mol. The maximum Gasteiger partial charge on any atom is 0.336 e. The minimum atomic E-state index is -0.973. The monoisotopic (exact) mass is 452 g/mol. The Labute approximate surface area is 186 Å². The first kappa shape index (κ1) is 21.5. The van der Waals surface area contributed by atoms with Gasteiger partial charge >= 0.3 is 5.69 Å². The van der Waals surface area contributed by atoms with Crippen molar-refractivity contribution in [3.05, 3.63) is 104 Å². The fourth-order valence-corrected chi connectivity index (χ4v) is 3.61. The highest BCUT2D eigenvalue weighted by Gasteiger charge is 2.23. The second-order valence-corrected chi connectivity index (χ2v) is 7.58. The van der Waals surface area contributed by atoms with Crippen molar-refractivity contribution in [3.8, 4) is 5.69 Å². The highest BCUT2D eigenvalue weighted by atomic mass is 35.5. The molecular weight excluding hydrogens is 435 g/mol. The van der Waals surface area contributed by atoms with Crippen LogP contribution in [0.15, 0.2) is 76.4 Å². The Morgan fingerprint density at radius 1 is 1.12 bits per heavy atom. The number of carbonyl (C=O) groups is 1. The summed E-state index contributed by atoms with van der Waals surface area (Å²) in [6.07, 6.45) is 1.61. The molecule has 32 heavy (non-hydrogen) atoms. The molecule has 0 aliphatic rings. The number of nitrogens with one attached hydrogen (secondary N) is 1. The van der Waals surface area contributed by atoms with Crippen molar-refractivity contribution in [3.63, 3.8) is 0 Å². The van der Waals surface area contributed by atoms with Crippen LogP contribution in [0.1, 0.15) is 18.7 Å². The average molecular weight is 453 g/mol. The fourth-order valence-electron chi connectivity index (χ4n) is 3.44. The molecule has 0 saturated carbocycles. The number of fused-ring (bicyclic) bond motifs is 1. The number of benzene rings is 2. The van der Waals surface area contributed by atoms with Crippen LogP contribution in [-0.2, 0) is 11.3 Å². The van der Waals surface area contributed by atoms with Crippen molar-refractivity contribution in [2.75, 3.05) is 0 Å². The van der Waals surface area contributed by atoms with Gasteiger partial charge in [-0.25, -0.2) is 13.8 Å². The van der Waals surface area contributed by atoms with Gasteiger partial charge in [-0.1, -0.05) is 17.7 Å². The van der Waals surface area contributed by atoms with Gasteiger partial charge in [0.05, 0.1) is 28.8 Å². The van der Waals surface area contributed by atoms with Gasteiger partial charge in [0.25, 0.3) is 5.56 Å². The van der Waals surface area contributed by atoms with Gasteiger partial charge in [0.2, 0.25) is 5.91 Å². The molecule has 9 heteroatoms. The van der Waals surface area contributed by atoms with Gasteiger partial charge in [-0.05, 0) is 61.5 Å². The molecule has 0 bridgehead atoms. The summed E-state index contributed by atoms with van der Waals surface area (Å²) in [7, 11) is 0. The quantitative estimate of drug-likeness (QED) is 0.504. The lowest BCUT2D eigenvalue weighted by Crippen LogP contribution is -2.43. The van der Waals surface area contributed by atoms with E-state index in [0.717, 1.165) is 16.7 Å². The van der Waals surface area contributed by atoms with E-state index in [2.05, 4.69) is 10.3 Å². The van der Waals surface area contributed by atoms with E-state index < -0.39 is 29.0 Å². The maximum absolute atomic E-state index is 13.4. The standard InChI is InChI=1S/C23H18ClFN4O3/c1-14(21(30)27-13-17-4-2-3-11-26-17)28-20-12-15(24)5-10-19(20)22(31)29(23(28)32)18-8-6-16(25)7-9-18/h2-12,14H,13H2,1H3,(H,27,30)/t14-/m0/s1. The molecule has 1 N–H and O–H groups in total. The second-order valence-electron chi connectivity index (χ2n) is 7.15. The van der Waals surface area contributed by atoms with Crippen molar-refractivity contribution < 1.29 is 9.18 Å². The number of hydrogen-bond donors (Lipinski definition) is 1. The summed E-state index contributed by atoms with van der Waals surface area (Å²) in [5, 5.41) is 3.26. The Morgan fingerprint density at radius 3 is 2.56 bits per heavy atom. The summed E-state index contributed by atoms with van der Waals surface area (Å²) in [6, 6.07) is 13.8. The van der Waals surface area contributed by atoms with Crippen LogP contribution in [0.5, 0.6) is 0 Å². The van der Waals surface area contributed by atoms with Crippen LogP contribution in [-0.4, -0.2) is 20.0 Å². The Morgan fingerprint density at radius 2 is 1.88 bits per heavy atom. The summed E-state index contributed by atoms with van der Waals surface area (Å²) >= 11 is 6.12. The lowest BCUT2D eigenvalue weighted by molar-refractivity contribution is -0.124. The number of halogens is 2. The average Bonchev–Trinajstić information content (AvgIpc) is 2.79. The van der Waals surface area contributed by atoms with Crippen LogP contribution < -0.4 is 16.6 Å². The SMILES string of the molecule is C[C@@H](C(=O)NCc1ccccn1)n1c(=O)n(-c2ccc(F)cc2)c(=O)c2ccc(Cl)cc21. The van der Waals surface area contributed by atoms with Crippen LogP contribution in [0.4, 0.5) is 4.39 Å². The fraction of sp³-hybridized carbons (Fsp3) is 0.130. The van der Waals surface area contributed by atoms with Crippen LogP contribution >= 0.6 is 11.6 Å². The van der Waals surface area contributed by atoms with Crippen molar-refractivity contribution in [1.29, 1.82) is 0 Å². The minimum Gasteiger partial charge on any atom is -0.349 e. The van der Waals surface area contributed by atoms with Crippen LogP contribution in [0.25, 0.3) is 16.6 Å². The lowest BCUT2D eigenvalue weighted by Gasteiger charge is -2.20. The van der Waals surface area contributed by atoms with Gasteiger partial charge in [0.15, 0.2) is 0 Å². The van der Waals surface area contributed by atoms with E-state index >= 15 is 0 Å². The Balaban J connectivity index is 1.84. The highest BCUT2D eigenvalue weighted by molar-refractivity contribution is 6.31. The van der Waals surface area contributed by atoms with E-state index in [1.807, 2.05) is 0 Å². The zero-order valence-corrected chi connectivity index (χ0v) is 17.7. The van der Waals surface area contributed by atoms with Gasteiger partial charge in [0.1, 0.15) is 11.9 Å². The molecule has 0 spiro atoms. The van der Waals surface area contributed by atoms with E-state index in [0.29, 0.717) is 10.7 Å². The van der Waals surface area contributed by atoms with Crippen molar-refractivity contribution in [1.82, 2.24) is 19.4 Å². The maximum atomic E-state index is 13.4. The molecule has 4 aromatic rings. The molecule has 0 radical (unpaired) electrons. The third-order valence-electron chi connectivity index (χ3n) is 5.07. The normalized spacial score (nSPS) is 12.0. The first-order valence-electron chi connectivity index (χ1n) is 9.77. The van der Waals surface area contributed by atoms with E-state index in [1.165, 1.54) is 34.9 Å². The number of aromatic nitrogens is 3. The molecule has 4 rings (SSSR count). The molecule has 0 aliphatic carbocycles. The molecule has 2 heterocycles. The van der Waals surface area contributed by atoms with E-state index in [1.54, 1.807) is 31.3 Å². The van der Waals surface area contributed by atoms with E-state index in [4.69, 9.17) is 11.6 Å². The molecule has 1 atom stereocenters. The largest absolute Gasteiger partial charge is 0.349 e. The summed E-state index contributed by atoms with van der Waals surface area (Å²) in [5.41, 5.74) is -0.258. The van der Waals surface area contributed by atoms with Crippen molar-refractivity contribution in [2.24, 2.45) is 0 Å². The molecule has 2 aromatic carbocycles. The molecule has 2 aromatic heterocycles. The van der Waals surface area contributed by atoms with Gasteiger partial charge < -0.3 is 5.32 Å². The number of hydrogen-bond acceptors (Lipinski definition) is 4. The van der Waals surface area contributed by atoms with Gasteiger partial charge in [-0.3, -0.25) is 19.1 Å². The number of rotatable bonds is 5. The predicted octanol–water partition coefficient (Wildman–Crippen LogP) is 3.22. The summed E-state index contributed by atoms with van der Waals surface area (Å²) in [4.78, 5) is 43.6. The molecule has 0 unspecified atom stereocenters. The molecule has 7 nitrogen and oxygen atoms in total. The Kier molecular flexibility index (Phi) is 5.87. The van der Waals surface area contributed by atoms with Crippen molar-refractivity contribution in [2.45, 2.75) is 19.5 Å². The molecule has 1 amide bonds. The topological polar surface area (TPSA) is 86.0 Å². The van der Waals surface area contributed by atoms with Gasteiger partial charge in [-0.2, -0.15) is 0 Å². The minimum absolute atomic E-state index is 0.176. The molecule has 0 fully saturated rings. The third-order valence-corrected chi connectivity index (χ3v) is 5.31. The summed E-state index contributed by atoms with van der Waals surface area (Å²) in [5.74, 6) is -0.944. The Bertz CT molecular complexity index is 1420.